The van der Waals surface area contributed by atoms with Gasteiger partial charge in [0.15, 0.2) is 6.61 Å². The van der Waals surface area contributed by atoms with Crippen molar-refractivity contribution in [3.63, 3.8) is 0 Å². The van der Waals surface area contributed by atoms with Gasteiger partial charge in [-0.2, -0.15) is 0 Å². The van der Waals surface area contributed by atoms with Crippen LogP contribution in [0.25, 0.3) is 0 Å². The normalized spacial score (nSPS) is 14.4. The molecule has 0 N–H and O–H groups in total. The molecule has 1 aromatic rings. The number of ether oxygens (including phenoxy) is 2. The van der Waals surface area contributed by atoms with Gasteiger partial charge in [-0.05, 0) is 37.5 Å². The molecule has 2 rings (SSSR count). The number of rotatable bonds is 6. The minimum atomic E-state index is -0.285. The summed E-state index contributed by atoms with van der Waals surface area (Å²) in [6.45, 7) is 8.55. The summed E-state index contributed by atoms with van der Waals surface area (Å²) < 4.78 is 10.9. The molecule has 25 heavy (non-hydrogen) atoms. The Morgan fingerprint density at radius 2 is 1.76 bits per heavy atom. The van der Waals surface area contributed by atoms with Gasteiger partial charge in [-0.15, -0.1) is 0 Å². The van der Waals surface area contributed by atoms with Gasteiger partial charge in [0.1, 0.15) is 5.75 Å². The Bertz CT molecular complexity index is 595. The number of carbonyl (C=O) groups is 2. The van der Waals surface area contributed by atoms with Crippen LogP contribution in [0, 0.1) is 13.8 Å². The molecule has 6 heteroatoms. The monoisotopic (exact) mass is 348 g/mol. The lowest BCUT2D eigenvalue weighted by atomic mass is 10.1. The van der Waals surface area contributed by atoms with Crippen molar-refractivity contribution < 1.29 is 19.1 Å². The van der Waals surface area contributed by atoms with Crippen LogP contribution in [0.1, 0.15) is 30.9 Å². The number of amides is 2. The first-order chi connectivity index (χ1) is 12.0. The summed E-state index contributed by atoms with van der Waals surface area (Å²) >= 11 is 0. The summed E-state index contributed by atoms with van der Waals surface area (Å²) in [5.41, 5.74) is 2.19. The molecule has 6 nitrogen and oxygen atoms in total. The molecular formula is C19H28N2O4. The number of nitrogens with zero attached hydrogens (tertiary/aromatic N) is 2. The minimum Gasteiger partial charge on any atom is -0.483 e. The number of hydrogen-bond acceptors (Lipinski definition) is 4. The number of piperazine rings is 1. The molecule has 0 spiro atoms. The van der Waals surface area contributed by atoms with Crippen molar-refractivity contribution in [2.24, 2.45) is 0 Å². The lowest BCUT2D eigenvalue weighted by Crippen LogP contribution is -2.51. The SMILES string of the molecule is CCCCOC(=O)N1CCN(C(=O)COc2cccc(C)c2C)CC1. The topological polar surface area (TPSA) is 59.1 Å². The summed E-state index contributed by atoms with van der Waals surface area (Å²) in [6, 6.07) is 5.81. The van der Waals surface area contributed by atoms with E-state index in [0.717, 1.165) is 29.7 Å². The highest BCUT2D eigenvalue weighted by Gasteiger charge is 2.25. The van der Waals surface area contributed by atoms with Crippen molar-refractivity contribution in [1.29, 1.82) is 0 Å². The molecule has 0 aromatic heterocycles. The second kappa shape index (κ2) is 9.30. The Hall–Kier alpha value is -2.24. The summed E-state index contributed by atoms with van der Waals surface area (Å²) in [5.74, 6) is 0.686. The molecule has 1 aliphatic rings. The zero-order chi connectivity index (χ0) is 18.2. The third kappa shape index (κ3) is 5.37. The van der Waals surface area contributed by atoms with E-state index in [1.165, 1.54) is 0 Å². The van der Waals surface area contributed by atoms with Crippen molar-refractivity contribution in [2.45, 2.75) is 33.6 Å². The minimum absolute atomic E-state index is 0.0191. The zero-order valence-electron chi connectivity index (χ0n) is 15.4. The zero-order valence-corrected chi connectivity index (χ0v) is 15.4. The molecule has 0 atom stereocenters. The Morgan fingerprint density at radius 1 is 1.08 bits per heavy atom. The fraction of sp³-hybridized carbons (Fsp3) is 0.579. The van der Waals surface area contributed by atoms with Crippen molar-refractivity contribution in [1.82, 2.24) is 9.80 Å². The van der Waals surface area contributed by atoms with Crippen molar-refractivity contribution in [2.75, 3.05) is 39.4 Å². The van der Waals surface area contributed by atoms with E-state index in [-0.39, 0.29) is 18.6 Å². The molecule has 1 saturated heterocycles. The number of hydrogen-bond donors (Lipinski definition) is 0. The van der Waals surface area contributed by atoms with Crippen LogP contribution in [-0.2, 0) is 9.53 Å². The van der Waals surface area contributed by atoms with Crippen LogP contribution in [-0.4, -0.2) is 61.2 Å². The summed E-state index contributed by atoms with van der Waals surface area (Å²) in [4.78, 5) is 27.6. The Labute approximate surface area is 149 Å². The number of unbranched alkanes of at least 4 members (excludes halogenated alkanes) is 1. The van der Waals surface area contributed by atoms with Gasteiger partial charge in [0.05, 0.1) is 6.61 Å². The smallest absolute Gasteiger partial charge is 0.409 e. The summed E-state index contributed by atoms with van der Waals surface area (Å²) in [5, 5.41) is 0. The third-order valence-electron chi connectivity index (χ3n) is 4.52. The second-order valence-corrected chi connectivity index (χ2v) is 6.32. The van der Waals surface area contributed by atoms with Crippen LogP contribution in [0.4, 0.5) is 4.79 Å². The molecule has 0 saturated carbocycles. The Kier molecular flexibility index (Phi) is 7.10. The molecule has 0 unspecified atom stereocenters. The average Bonchev–Trinajstić information content (AvgIpc) is 2.63. The van der Waals surface area contributed by atoms with Crippen LogP contribution in [0.15, 0.2) is 18.2 Å². The maximum absolute atomic E-state index is 12.3. The van der Waals surface area contributed by atoms with Gasteiger partial charge in [0.25, 0.3) is 5.91 Å². The molecule has 0 aliphatic carbocycles. The predicted molar refractivity (Wildman–Crippen MR) is 95.8 cm³/mol. The third-order valence-corrected chi connectivity index (χ3v) is 4.52. The van der Waals surface area contributed by atoms with E-state index in [0.29, 0.717) is 32.8 Å². The largest absolute Gasteiger partial charge is 0.483 e. The van der Waals surface area contributed by atoms with Crippen LogP contribution < -0.4 is 4.74 Å². The Balaban J connectivity index is 1.75. The molecule has 2 amide bonds. The molecular weight excluding hydrogens is 320 g/mol. The van der Waals surface area contributed by atoms with Crippen molar-refractivity contribution >= 4 is 12.0 Å². The highest BCUT2D eigenvalue weighted by Crippen LogP contribution is 2.20. The van der Waals surface area contributed by atoms with Gasteiger partial charge in [0.2, 0.25) is 0 Å². The van der Waals surface area contributed by atoms with Crippen LogP contribution in [0.3, 0.4) is 0 Å². The average molecular weight is 348 g/mol. The van der Waals surface area contributed by atoms with E-state index in [9.17, 15) is 9.59 Å². The maximum atomic E-state index is 12.3. The van der Waals surface area contributed by atoms with E-state index in [2.05, 4.69) is 6.92 Å². The van der Waals surface area contributed by atoms with Crippen LogP contribution in [0.5, 0.6) is 5.75 Å². The van der Waals surface area contributed by atoms with Crippen molar-refractivity contribution in [3.05, 3.63) is 29.3 Å². The van der Waals surface area contributed by atoms with Crippen LogP contribution in [0.2, 0.25) is 0 Å². The number of benzene rings is 1. The number of carbonyl (C=O) groups excluding carboxylic acids is 2. The second-order valence-electron chi connectivity index (χ2n) is 6.32. The molecule has 138 valence electrons. The van der Waals surface area contributed by atoms with E-state index < -0.39 is 0 Å². The summed E-state index contributed by atoms with van der Waals surface area (Å²) in [7, 11) is 0. The van der Waals surface area contributed by atoms with Gasteiger partial charge in [0, 0.05) is 26.2 Å². The summed E-state index contributed by atoms with van der Waals surface area (Å²) in [6.07, 6.45) is 1.59. The quantitative estimate of drug-likeness (QED) is 0.742. The highest BCUT2D eigenvalue weighted by atomic mass is 16.6. The fourth-order valence-corrected chi connectivity index (χ4v) is 2.64. The molecule has 0 bridgehead atoms. The van der Waals surface area contributed by atoms with E-state index >= 15 is 0 Å². The molecule has 1 aromatic carbocycles. The first-order valence-corrected chi connectivity index (χ1v) is 8.91. The van der Waals surface area contributed by atoms with Gasteiger partial charge < -0.3 is 19.3 Å². The first kappa shape index (κ1) is 19.1. The highest BCUT2D eigenvalue weighted by molar-refractivity contribution is 5.78. The van der Waals surface area contributed by atoms with E-state index in [1.54, 1.807) is 9.80 Å². The Morgan fingerprint density at radius 3 is 2.44 bits per heavy atom. The lowest BCUT2D eigenvalue weighted by molar-refractivity contribution is -0.135. The predicted octanol–water partition coefficient (Wildman–Crippen LogP) is 2.76. The fourth-order valence-electron chi connectivity index (χ4n) is 2.64. The molecule has 0 radical (unpaired) electrons. The van der Waals surface area contributed by atoms with Gasteiger partial charge in [-0.1, -0.05) is 25.5 Å². The van der Waals surface area contributed by atoms with Gasteiger partial charge >= 0.3 is 6.09 Å². The van der Waals surface area contributed by atoms with Crippen molar-refractivity contribution in [3.8, 4) is 5.75 Å². The molecule has 1 aliphatic heterocycles. The first-order valence-electron chi connectivity index (χ1n) is 8.91. The van der Waals surface area contributed by atoms with Crippen LogP contribution >= 0.6 is 0 Å². The van der Waals surface area contributed by atoms with E-state index in [4.69, 9.17) is 9.47 Å². The maximum Gasteiger partial charge on any atom is 0.409 e. The lowest BCUT2D eigenvalue weighted by Gasteiger charge is -2.34. The molecule has 1 fully saturated rings. The van der Waals surface area contributed by atoms with Gasteiger partial charge in [-0.25, -0.2) is 4.79 Å². The van der Waals surface area contributed by atoms with E-state index in [1.807, 2.05) is 32.0 Å². The molecule has 1 heterocycles. The van der Waals surface area contributed by atoms with Gasteiger partial charge in [-0.3, -0.25) is 4.79 Å². The standard InChI is InChI=1S/C19H28N2O4/c1-4-5-13-24-19(23)21-11-9-20(10-12-21)18(22)14-25-17-8-6-7-15(2)16(17)3/h6-8H,4-5,9-14H2,1-3H3. The number of aryl methyl sites for hydroxylation is 1.